The molecular formula is C14H21N3O. The van der Waals surface area contributed by atoms with Crippen molar-refractivity contribution in [1.29, 1.82) is 0 Å². The molecule has 1 aliphatic carbocycles. The van der Waals surface area contributed by atoms with E-state index >= 15 is 0 Å². The van der Waals surface area contributed by atoms with E-state index in [4.69, 9.17) is 0 Å². The van der Waals surface area contributed by atoms with Crippen molar-refractivity contribution in [3.8, 4) is 0 Å². The summed E-state index contributed by atoms with van der Waals surface area (Å²) in [4.78, 5) is 20.2. The van der Waals surface area contributed by atoms with Crippen LogP contribution in [0.1, 0.15) is 50.3 Å². The first-order valence-electron chi connectivity index (χ1n) is 6.32. The van der Waals surface area contributed by atoms with Crippen molar-refractivity contribution in [2.45, 2.75) is 47.1 Å². The minimum absolute atomic E-state index is 0.0825. The monoisotopic (exact) mass is 247 g/mol. The standard InChI is InChI=1S/C14H21N3O/c1-9-15-6-10(7-16-9)11(18)17-12-13(2,3)8-14(12,4)5/h6-7,12H,8H2,1-5H3,(H,17,18). The summed E-state index contributed by atoms with van der Waals surface area (Å²) < 4.78 is 0. The van der Waals surface area contributed by atoms with Crippen LogP contribution in [0.5, 0.6) is 0 Å². The van der Waals surface area contributed by atoms with Crippen molar-refractivity contribution in [3.63, 3.8) is 0 Å². The van der Waals surface area contributed by atoms with Gasteiger partial charge >= 0.3 is 0 Å². The Labute approximate surface area is 108 Å². The molecule has 4 heteroatoms. The second-order valence-corrected chi connectivity index (χ2v) is 6.58. The molecule has 1 saturated carbocycles. The highest BCUT2D eigenvalue weighted by atomic mass is 16.1. The molecule has 1 amide bonds. The maximum atomic E-state index is 12.1. The van der Waals surface area contributed by atoms with Gasteiger partial charge in [0.05, 0.1) is 5.56 Å². The van der Waals surface area contributed by atoms with Crippen LogP contribution < -0.4 is 5.32 Å². The zero-order valence-electron chi connectivity index (χ0n) is 11.7. The molecule has 2 rings (SSSR count). The number of nitrogens with one attached hydrogen (secondary N) is 1. The second kappa shape index (κ2) is 4.04. The largest absolute Gasteiger partial charge is 0.348 e. The first kappa shape index (κ1) is 13.0. The Bertz CT molecular complexity index is 448. The lowest BCUT2D eigenvalue weighted by atomic mass is 9.52. The van der Waals surface area contributed by atoms with E-state index < -0.39 is 0 Å². The third-order valence-electron chi connectivity index (χ3n) is 3.79. The van der Waals surface area contributed by atoms with E-state index in [2.05, 4.69) is 43.0 Å². The molecule has 1 N–H and O–H groups in total. The van der Waals surface area contributed by atoms with Gasteiger partial charge in [-0.2, -0.15) is 0 Å². The minimum atomic E-state index is -0.0825. The fourth-order valence-corrected chi connectivity index (χ4v) is 3.42. The van der Waals surface area contributed by atoms with Crippen LogP contribution in [0.15, 0.2) is 12.4 Å². The van der Waals surface area contributed by atoms with E-state index in [1.54, 1.807) is 19.3 Å². The Morgan fingerprint density at radius 1 is 1.22 bits per heavy atom. The van der Waals surface area contributed by atoms with E-state index in [-0.39, 0.29) is 22.8 Å². The lowest BCUT2D eigenvalue weighted by Crippen LogP contribution is -2.63. The van der Waals surface area contributed by atoms with Crippen molar-refractivity contribution in [2.24, 2.45) is 10.8 Å². The Morgan fingerprint density at radius 3 is 2.17 bits per heavy atom. The van der Waals surface area contributed by atoms with Gasteiger partial charge in [-0.25, -0.2) is 9.97 Å². The number of rotatable bonds is 2. The third kappa shape index (κ3) is 2.24. The van der Waals surface area contributed by atoms with Crippen LogP contribution >= 0.6 is 0 Å². The molecule has 18 heavy (non-hydrogen) atoms. The summed E-state index contributed by atoms with van der Waals surface area (Å²) in [6.07, 6.45) is 4.28. The predicted octanol–water partition coefficient (Wildman–Crippen LogP) is 2.34. The third-order valence-corrected chi connectivity index (χ3v) is 3.79. The molecular weight excluding hydrogens is 226 g/mol. The van der Waals surface area contributed by atoms with Gasteiger partial charge in [0.15, 0.2) is 0 Å². The normalized spacial score (nSPS) is 21.2. The summed E-state index contributed by atoms with van der Waals surface area (Å²) in [6.45, 7) is 10.6. The van der Waals surface area contributed by atoms with Gasteiger partial charge in [0.2, 0.25) is 0 Å². The Hall–Kier alpha value is -1.45. The van der Waals surface area contributed by atoms with Gasteiger partial charge in [-0.05, 0) is 24.2 Å². The summed E-state index contributed by atoms with van der Waals surface area (Å²) in [6, 6.07) is 0.193. The van der Waals surface area contributed by atoms with Crippen molar-refractivity contribution < 1.29 is 4.79 Å². The van der Waals surface area contributed by atoms with Gasteiger partial charge in [-0.1, -0.05) is 27.7 Å². The molecule has 0 aromatic carbocycles. The minimum Gasteiger partial charge on any atom is -0.348 e. The van der Waals surface area contributed by atoms with E-state index in [0.717, 1.165) is 6.42 Å². The molecule has 4 nitrogen and oxygen atoms in total. The zero-order valence-corrected chi connectivity index (χ0v) is 11.7. The highest BCUT2D eigenvalue weighted by Crippen LogP contribution is 2.53. The molecule has 0 atom stereocenters. The number of nitrogens with zero attached hydrogens (tertiary/aromatic N) is 2. The average Bonchev–Trinajstić information content (AvgIpc) is 2.25. The van der Waals surface area contributed by atoms with E-state index in [1.165, 1.54) is 0 Å². The van der Waals surface area contributed by atoms with E-state index in [1.807, 2.05) is 0 Å². The summed E-state index contributed by atoms with van der Waals surface area (Å²) in [5.41, 5.74) is 0.842. The number of hydrogen-bond donors (Lipinski definition) is 1. The van der Waals surface area contributed by atoms with Crippen LogP contribution in [0.2, 0.25) is 0 Å². The van der Waals surface area contributed by atoms with Crippen molar-refractivity contribution in [1.82, 2.24) is 15.3 Å². The van der Waals surface area contributed by atoms with Gasteiger partial charge in [-0.15, -0.1) is 0 Å². The van der Waals surface area contributed by atoms with Crippen LogP contribution in [0.3, 0.4) is 0 Å². The molecule has 0 bridgehead atoms. The molecule has 1 fully saturated rings. The lowest BCUT2D eigenvalue weighted by Gasteiger charge is -2.57. The molecule has 0 aliphatic heterocycles. The quantitative estimate of drug-likeness (QED) is 0.872. The zero-order chi connectivity index (χ0) is 13.6. The van der Waals surface area contributed by atoms with Crippen molar-refractivity contribution >= 4 is 5.91 Å². The molecule has 0 saturated heterocycles. The topological polar surface area (TPSA) is 54.9 Å². The highest BCUT2D eigenvalue weighted by Gasteiger charge is 2.53. The molecule has 1 aromatic heterocycles. The fourth-order valence-electron chi connectivity index (χ4n) is 3.42. The predicted molar refractivity (Wildman–Crippen MR) is 70.2 cm³/mol. The maximum absolute atomic E-state index is 12.1. The SMILES string of the molecule is Cc1ncc(C(=O)NC2C(C)(C)CC2(C)C)cn1. The molecule has 0 radical (unpaired) electrons. The van der Waals surface area contributed by atoms with Crippen LogP contribution in [0, 0.1) is 17.8 Å². The number of amides is 1. The number of hydrogen-bond acceptors (Lipinski definition) is 3. The Kier molecular flexibility index (Phi) is 2.92. The number of carbonyl (C=O) groups excluding carboxylic acids is 1. The summed E-state index contributed by atoms with van der Waals surface area (Å²) >= 11 is 0. The van der Waals surface area contributed by atoms with Crippen molar-refractivity contribution in [2.75, 3.05) is 0 Å². The van der Waals surface area contributed by atoms with Crippen LogP contribution in [-0.2, 0) is 0 Å². The maximum Gasteiger partial charge on any atom is 0.254 e. The summed E-state index contributed by atoms with van der Waals surface area (Å²) in [7, 11) is 0. The highest BCUT2D eigenvalue weighted by molar-refractivity contribution is 5.93. The van der Waals surface area contributed by atoms with Crippen LogP contribution in [-0.4, -0.2) is 21.9 Å². The average molecular weight is 247 g/mol. The van der Waals surface area contributed by atoms with Gasteiger partial charge < -0.3 is 5.32 Å². The molecule has 0 unspecified atom stereocenters. The van der Waals surface area contributed by atoms with Crippen LogP contribution in [0.25, 0.3) is 0 Å². The number of aromatic nitrogens is 2. The van der Waals surface area contributed by atoms with Gasteiger partial charge in [0, 0.05) is 18.4 Å². The second-order valence-electron chi connectivity index (χ2n) is 6.58. The number of carbonyl (C=O) groups is 1. The summed E-state index contributed by atoms with van der Waals surface area (Å²) in [5.74, 6) is 0.594. The Morgan fingerprint density at radius 2 is 1.72 bits per heavy atom. The molecule has 98 valence electrons. The van der Waals surface area contributed by atoms with E-state index in [9.17, 15) is 4.79 Å². The van der Waals surface area contributed by atoms with Crippen LogP contribution in [0.4, 0.5) is 0 Å². The lowest BCUT2D eigenvalue weighted by molar-refractivity contribution is -0.0366. The number of aryl methyl sites for hydroxylation is 1. The smallest absolute Gasteiger partial charge is 0.254 e. The van der Waals surface area contributed by atoms with Crippen molar-refractivity contribution in [3.05, 3.63) is 23.8 Å². The summed E-state index contributed by atoms with van der Waals surface area (Å²) in [5, 5.41) is 3.11. The fraction of sp³-hybridized carbons (Fsp3) is 0.643. The first-order valence-corrected chi connectivity index (χ1v) is 6.32. The molecule has 1 aliphatic rings. The first-order chi connectivity index (χ1) is 8.22. The van der Waals surface area contributed by atoms with Gasteiger partial charge in [0.25, 0.3) is 5.91 Å². The molecule has 1 aromatic rings. The molecule has 0 spiro atoms. The Balaban J connectivity index is 2.10. The van der Waals surface area contributed by atoms with Gasteiger partial charge in [-0.3, -0.25) is 4.79 Å². The van der Waals surface area contributed by atoms with Gasteiger partial charge in [0.1, 0.15) is 5.82 Å². The molecule has 1 heterocycles. The van der Waals surface area contributed by atoms with E-state index in [0.29, 0.717) is 11.4 Å².